The highest BCUT2D eigenvalue weighted by Crippen LogP contribution is 2.59. The third-order valence-corrected chi connectivity index (χ3v) is 6.67. The minimum absolute atomic E-state index is 0.0369. The lowest BCUT2D eigenvalue weighted by Gasteiger charge is -2.45. The molecule has 0 radical (unpaired) electrons. The minimum atomic E-state index is -0.769. The highest BCUT2D eigenvalue weighted by atomic mass is 79.9. The van der Waals surface area contributed by atoms with Crippen molar-refractivity contribution in [2.24, 2.45) is 0 Å². The number of carbonyl (C=O) groups excluding carboxylic acids is 4. The molecule has 2 bridgehead atoms. The van der Waals surface area contributed by atoms with Crippen LogP contribution in [0, 0.1) is 0 Å². The van der Waals surface area contributed by atoms with Crippen LogP contribution in [-0.4, -0.2) is 37.3 Å². The van der Waals surface area contributed by atoms with Crippen molar-refractivity contribution in [3.63, 3.8) is 0 Å². The van der Waals surface area contributed by atoms with Gasteiger partial charge in [-0.2, -0.15) is 0 Å². The molecule has 6 nitrogen and oxygen atoms in total. The van der Waals surface area contributed by atoms with Gasteiger partial charge in [0.15, 0.2) is 11.5 Å². The average molecular weight is 452 g/mol. The van der Waals surface area contributed by atoms with Gasteiger partial charge in [-0.15, -0.1) is 0 Å². The van der Waals surface area contributed by atoms with Crippen LogP contribution in [0.25, 0.3) is 0 Å². The Morgan fingerprint density at radius 2 is 1.41 bits per heavy atom. The maximum absolute atomic E-state index is 13.3. The van der Waals surface area contributed by atoms with Crippen molar-refractivity contribution < 1.29 is 23.9 Å². The Labute approximate surface area is 174 Å². The monoisotopic (exact) mass is 451 g/mol. The van der Waals surface area contributed by atoms with E-state index in [4.69, 9.17) is 4.74 Å². The highest BCUT2D eigenvalue weighted by Gasteiger charge is 2.55. The first kappa shape index (κ1) is 18.0. The Bertz CT molecular complexity index is 1210. The highest BCUT2D eigenvalue weighted by molar-refractivity contribution is 9.12. The first-order valence-electron chi connectivity index (χ1n) is 9.00. The van der Waals surface area contributed by atoms with Crippen LogP contribution in [0.5, 0.6) is 0 Å². The van der Waals surface area contributed by atoms with Crippen LogP contribution in [0.4, 0.5) is 0 Å². The zero-order valence-corrected chi connectivity index (χ0v) is 17.0. The third-order valence-electron chi connectivity index (χ3n) is 5.95. The van der Waals surface area contributed by atoms with Gasteiger partial charge in [0.25, 0.3) is 0 Å². The fourth-order valence-electron chi connectivity index (χ4n) is 4.84. The van der Waals surface area contributed by atoms with Crippen molar-refractivity contribution in [2.75, 3.05) is 14.2 Å². The summed E-state index contributed by atoms with van der Waals surface area (Å²) in [6.45, 7) is 0. The van der Waals surface area contributed by atoms with Crippen molar-refractivity contribution in [1.29, 1.82) is 0 Å². The summed E-state index contributed by atoms with van der Waals surface area (Å²) in [5.74, 6) is -3.10. The predicted octanol–water partition coefficient (Wildman–Crippen LogP) is 2.13. The molecular formula is C22H14BrNO5. The molecule has 1 aromatic rings. The van der Waals surface area contributed by atoms with E-state index in [1.807, 2.05) is 24.3 Å². The quantitative estimate of drug-likeness (QED) is 0.692. The topological polar surface area (TPSA) is 89.5 Å². The minimum Gasteiger partial charge on any atom is -0.491 e. The second kappa shape index (κ2) is 5.97. The predicted molar refractivity (Wildman–Crippen MR) is 106 cm³/mol. The van der Waals surface area contributed by atoms with Crippen molar-refractivity contribution in [3.05, 3.63) is 79.7 Å². The van der Waals surface area contributed by atoms with Crippen LogP contribution in [-0.2, 0) is 23.9 Å². The van der Waals surface area contributed by atoms with Gasteiger partial charge in [0.2, 0.25) is 17.3 Å². The van der Waals surface area contributed by atoms with Crippen molar-refractivity contribution in [3.8, 4) is 0 Å². The molecule has 144 valence electrons. The first-order chi connectivity index (χ1) is 13.9. The number of allylic oxidation sites excluding steroid dienone is 6. The normalized spacial score (nSPS) is 25.1. The lowest BCUT2D eigenvalue weighted by Crippen LogP contribution is -2.43. The Morgan fingerprint density at radius 1 is 0.862 bits per heavy atom. The van der Waals surface area contributed by atoms with E-state index >= 15 is 0 Å². The molecule has 2 atom stereocenters. The molecule has 0 heterocycles. The summed E-state index contributed by atoms with van der Waals surface area (Å²) in [6, 6.07) is 7.33. The molecule has 5 aliphatic carbocycles. The number of rotatable bonds is 2. The maximum Gasteiger partial charge on any atom is 0.226 e. The molecule has 6 rings (SSSR count). The van der Waals surface area contributed by atoms with E-state index in [1.54, 1.807) is 7.05 Å². The number of ether oxygens (including phenoxy) is 1. The SMILES string of the molecule is CNC1=CC(=O)C2=C(C1=O)C1C3=C(C(=O)C(OC)=C(Br)C3=O)C2c2ccccc21. The number of carbonyl (C=O) groups is 4. The van der Waals surface area contributed by atoms with Gasteiger partial charge in [-0.25, -0.2) is 0 Å². The van der Waals surface area contributed by atoms with Crippen LogP contribution in [0.3, 0.4) is 0 Å². The molecule has 0 saturated heterocycles. The number of nitrogens with one attached hydrogen (secondary N) is 1. The number of benzene rings is 1. The van der Waals surface area contributed by atoms with Gasteiger partial charge in [-0.05, 0) is 27.1 Å². The molecule has 5 aliphatic rings. The van der Waals surface area contributed by atoms with Crippen LogP contribution in [0.15, 0.2) is 68.6 Å². The summed E-state index contributed by atoms with van der Waals surface area (Å²) in [6.07, 6.45) is 1.27. The summed E-state index contributed by atoms with van der Waals surface area (Å²) in [5.41, 5.74) is 2.78. The number of ketones is 4. The van der Waals surface area contributed by atoms with E-state index < -0.39 is 23.4 Å². The molecule has 2 unspecified atom stereocenters. The second-order valence-electron chi connectivity index (χ2n) is 7.16. The van der Waals surface area contributed by atoms with Crippen molar-refractivity contribution >= 4 is 39.1 Å². The molecule has 0 saturated carbocycles. The van der Waals surface area contributed by atoms with E-state index in [0.717, 1.165) is 11.1 Å². The van der Waals surface area contributed by atoms with Gasteiger partial charge in [0.05, 0.1) is 12.8 Å². The largest absolute Gasteiger partial charge is 0.491 e. The number of methoxy groups -OCH3 is 1. The van der Waals surface area contributed by atoms with Gasteiger partial charge < -0.3 is 10.1 Å². The summed E-state index contributed by atoms with van der Waals surface area (Å²) < 4.78 is 5.22. The Balaban J connectivity index is 1.83. The van der Waals surface area contributed by atoms with Crippen LogP contribution in [0.2, 0.25) is 0 Å². The smallest absolute Gasteiger partial charge is 0.226 e. The molecule has 0 aromatic heterocycles. The van der Waals surface area contributed by atoms with E-state index in [9.17, 15) is 19.2 Å². The number of hydrogen-bond acceptors (Lipinski definition) is 6. The Kier molecular flexibility index (Phi) is 3.70. The zero-order valence-electron chi connectivity index (χ0n) is 15.5. The molecule has 0 aliphatic heterocycles. The van der Waals surface area contributed by atoms with Crippen molar-refractivity contribution in [2.45, 2.75) is 11.8 Å². The molecule has 1 N–H and O–H groups in total. The summed E-state index contributed by atoms with van der Waals surface area (Å²) in [7, 11) is 2.89. The van der Waals surface area contributed by atoms with Crippen LogP contribution in [0.1, 0.15) is 23.0 Å². The Morgan fingerprint density at radius 3 is 2.00 bits per heavy atom. The molecule has 1 aromatic carbocycles. The average Bonchev–Trinajstić information content (AvgIpc) is 2.74. The molecule has 7 heteroatoms. The van der Waals surface area contributed by atoms with Gasteiger partial charge >= 0.3 is 0 Å². The van der Waals surface area contributed by atoms with E-state index in [-0.39, 0.29) is 49.8 Å². The first-order valence-corrected chi connectivity index (χ1v) is 9.80. The molecule has 0 spiro atoms. The summed E-state index contributed by atoms with van der Waals surface area (Å²) in [5, 5.41) is 2.77. The van der Waals surface area contributed by atoms with Gasteiger partial charge in [0.1, 0.15) is 4.48 Å². The lowest BCUT2D eigenvalue weighted by atomic mass is 9.56. The molecule has 29 heavy (non-hydrogen) atoms. The summed E-state index contributed by atoms with van der Waals surface area (Å²) in [4.78, 5) is 52.7. The summed E-state index contributed by atoms with van der Waals surface area (Å²) >= 11 is 3.19. The van der Waals surface area contributed by atoms with Crippen molar-refractivity contribution in [1.82, 2.24) is 5.32 Å². The number of halogens is 1. The van der Waals surface area contributed by atoms with E-state index in [1.165, 1.54) is 13.2 Å². The fraction of sp³-hybridized carbons (Fsp3) is 0.182. The maximum atomic E-state index is 13.3. The molecule has 0 amide bonds. The number of hydrogen-bond donors (Lipinski definition) is 1. The van der Waals surface area contributed by atoms with Gasteiger partial charge in [-0.3, -0.25) is 19.2 Å². The molecular weight excluding hydrogens is 438 g/mol. The van der Waals surface area contributed by atoms with Gasteiger partial charge in [-0.1, -0.05) is 24.3 Å². The van der Waals surface area contributed by atoms with E-state index in [2.05, 4.69) is 21.2 Å². The Hall–Kier alpha value is -3.06. The van der Waals surface area contributed by atoms with Gasteiger partial charge in [0, 0.05) is 47.3 Å². The molecule has 0 fully saturated rings. The standard InChI is InChI=1S/C22H14BrNO5/c1-24-10-7-11(25)14-12-8-5-3-4-6-9(8)13(15(14)19(10)26)16-17(12)21(28)22(29-2)18(23)20(16)27/h3-7,12-13,24H,1-2H3. The zero-order chi connectivity index (χ0) is 20.6. The number of likely N-dealkylation sites (N-methyl/N-ethyl adjacent to an activating group) is 1. The fourth-order valence-corrected chi connectivity index (χ4v) is 5.39. The second-order valence-corrected chi connectivity index (χ2v) is 7.95. The lowest BCUT2D eigenvalue weighted by molar-refractivity contribution is -0.119. The van der Waals surface area contributed by atoms with Crippen LogP contribution >= 0.6 is 15.9 Å². The third kappa shape index (κ3) is 2.05. The van der Waals surface area contributed by atoms with E-state index in [0.29, 0.717) is 0 Å². The van der Waals surface area contributed by atoms with Crippen LogP contribution < -0.4 is 5.32 Å². The number of Topliss-reactive ketones (excluding diaryl/α,β-unsaturated/α-hetero) is 3.